The van der Waals surface area contributed by atoms with Crippen molar-refractivity contribution in [3.05, 3.63) is 41.7 Å². The highest BCUT2D eigenvalue weighted by Gasteiger charge is 2.43. The molecule has 26 heavy (non-hydrogen) atoms. The summed E-state index contributed by atoms with van der Waals surface area (Å²) in [6.07, 6.45) is 2.92. The summed E-state index contributed by atoms with van der Waals surface area (Å²) in [7, 11) is 0. The van der Waals surface area contributed by atoms with E-state index in [2.05, 4.69) is 10.3 Å². The van der Waals surface area contributed by atoms with Crippen LogP contribution in [-0.4, -0.2) is 52.1 Å². The van der Waals surface area contributed by atoms with Crippen LogP contribution in [0.1, 0.15) is 18.9 Å². The average Bonchev–Trinajstić information content (AvgIpc) is 2.54. The Labute approximate surface area is 152 Å². The monoisotopic (exact) mass is 360 g/mol. The zero-order valence-corrected chi connectivity index (χ0v) is 14.8. The summed E-state index contributed by atoms with van der Waals surface area (Å²) in [6.45, 7) is 4.24. The van der Waals surface area contributed by atoms with Crippen LogP contribution in [0.15, 0.2) is 41.2 Å². The van der Waals surface area contributed by atoms with Gasteiger partial charge in [0.05, 0.1) is 6.42 Å². The van der Waals surface area contributed by atoms with E-state index in [1.807, 2.05) is 31.2 Å². The summed E-state index contributed by atoms with van der Waals surface area (Å²) in [4.78, 5) is 30.0. The molecule has 2 amide bonds. The van der Waals surface area contributed by atoms with Crippen LogP contribution in [0.25, 0.3) is 0 Å². The molecule has 0 aliphatic carbocycles. The van der Waals surface area contributed by atoms with Gasteiger partial charge < -0.3 is 16.2 Å². The lowest BCUT2D eigenvalue weighted by Crippen LogP contribution is -2.69. The Bertz CT molecular complexity index is 748. The number of hydrogen-bond donors (Lipinski definition) is 4. The maximum absolute atomic E-state index is 12.2. The summed E-state index contributed by atoms with van der Waals surface area (Å²) < 4.78 is 0. The minimum absolute atomic E-state index is 0.112. The normalized spacial score (nSPS) is 19.4. The Morgan fingerprint density at radius 2 is 2.15 bits per heavy atom. The molecule has 1 aliphatic heterocycles. The summed E-state index contributed by atoms with van der Waals surface area (Å²) in [5.74, 6) is -2.22. The van der Waals surface area contributed by atoms with E-state index >= 15 is 0 Å². The van der Waals surface area contributed by atoms with Crippen LogP contribution >= 0.6 is 0 Å². The topological polar surface area (TPSA) is 137 Å². The van der Waals surface area contributed by atoms with E-state index in [9.17, 15) is 9.59 Å². The second kappa shape index (κ2) is 7.98. The van der Waals surface area contributed by atoms with Crippen molar-refractivity contribution in [3.8, 4) is 0 Å². The number of amides is 2. The first-order valence-corrected chi connectivity index (χ1v) is 8.22. The summed E-state index contributed by atoms with van der Waals surface area (Å²) in [5.41, 5.74) is 13.8. The number of hydrogen-bond acceptors (Lipinski definition) is 6. The number of nitrogens with two attached hydrogens (primary N) is 2. The Hall–Kier alpha value is -2.91. The van der Waals surface area contributed by atoms with Gasteiger partial charge in [0, 0.05) is 25.0 Å². The van der Waals surface area contributed by atoms with Crippen LogP contribution in [0, 0.1) is 6.92 Å². The van der Waals surface area contributed by atoms with Gasteiger partial charge in [-0.05, 0) is 30.7 Å². The molecule has 0 fully saturated rings. The number of urea groups is 1. The first-order valence-electron chi connectivity index (χ1n) is 8.22. The van der Waals surface area contributed by atoms with Gasteiger partial charge in [0.1, 0.15) is 5.82 Å². The first kappa shape index (κ1) is 19.4. The molecule has 1 aromatic rings. The van der Waals surface area contributed by atoms with Crippen LogP contribution in [0.4, 0.5) is 10.5 Å². The molecular formula is C17H24N6O3. The molecule has 140 valence electrons. The van der Waals surface area contributed by atoms with Crippen LogP contribution in [-0.2, 0) is 4.79 Å². The fourth-order valence-electron chi connectivity index (χ4n) is 2.79. The second-order valence-corrected chi connectivity index (χ2v) is 5.91. The predicted molar refractivity (Wildman–Crippen MR) is 99.2 cm³/mol. The van der Waals surface area contributed by atoms with Crippen LogP contribution in [0.3, 0.4) is 0 Å². The number of nitrogens with one attached hydrogen (secondary N) is 1. The van der Waals surface area contributed by atoms with Crippen molar-refractivity contribution in [2.45, 2.75) is 26.2 Å². The number of anilines is 1. The number of aliphatic carboxylic acids is 1. The molecule has 0 saturated heterocycles. The van der Waals surface area contributed by atoms with Crippen molar-refractivity contribution in [1.82, 2.24) is 9.80 Å². The Morgan fingerprint density at radius 1 is 1.42 bits per heavy atom. The highest BCUT2D eigenvalue weighted by atomic mass is 16.4. The minimum Gasteiger partial charge on any atom is -0.481 e. The van der Waals surface area contributed by atoms with Crippen molar-refractivity contribution < 1.29 is 14.7 Å². The number of carbonyl (C=O) groups excluding carboxylic acids is 1. The molecule has 1 heterocycles. The van der Waals surface area contributed by atoms with Crippen LogP contribution in [0.2, 0.25) is 0 Å². The predicted octanol–water partition coefficient (Wildman–Crippen LogP) is 1.08. The molecule has 0 saturated carbocycles. The molecule has 1 atom stereocenters. The van der Waals surface area contributed by atoms with Gasteiger partial charge in [-0.3, -0.25) is 10.5 Å². The molecule has 0 bridgehead atoms. The maximum Gasteiger partial charge on any atom is 0.324 e. The van der Waals surface area contributed by atoms with E-state index in [-0.39, 0.29) is 13.0 Å². The summed E-state index contributed by atoms with van der Waals surface area (Å²) in [6, 6.07) is 6.78. The number of aryl methyl sites for hydroxylation is 1. The molecule has 1 unspecified atom stereocenters. The molecule has 9 heteroatoms. The van der Waals surface area contributed by atoms with Gasteiger partial charge in [-0.15, -0.1) is 0 Å². The van der Waals surface area contributed by atoms with Gasteiger partial charge in [-0.25, -0.2) is 19.6 Å². The largest absolute Gasteiger partial charge is 0.481 e. The number of carboxylic acid groups (broad SMARTS) is 1. The third-order valence-corrected chi connectivity index (χ3v) is 4.02. The van der Waals surface area contributed by atoms with E-state index in [0.29, 0.717) is 12.4 Å². The van der Waals surface area contributed by atoms with Gasteiger partial charge in [-0.1, -0.05) is 19.1 Å². The number of carbonyl (C=O) groups is 2. The Kier molecular flexibility index (Phi) is 5.96. The molecule has 0 aromatic heterocycles. The Balaban J connectivity index is 2.33. The number of benzene rings is 1. The van der Waals surface area contributed by atoms with E-state index in [4.69, 9.17) is 16.6 Å². The van der Waals surface area contributed by atoms with Gasteiger partial charge in [0.25, 0.3) is 5.91 Å². The minimum atomic E-state index is -1.61. The quantitative estimate of drug-likeness (QED) is 0.537. The van der Waals surface area contributed by atoms with Crippen LogP contribution < -0.4 is 16.8 Å². The standard InChI is InChI=1S/C17H24N6O3/c1-3-22(10-8-15(24)25)17(19)20-9-7-14(23(17)16(18)26)21-13-6-4-5-12(2)11-13/h4-7,9,11,21H,3,8,10,19H2,1-2H3,(H2,18,26)(H,24,25). The van der Waals surface area contributed by atoms with E-state index in [1.165, 1.54) is 6.21 Å². The summed E-state index contributed by atoms with van der Waals surface area (Å²) >= 11 is 0. The van der Waals surface area contributed by atoms with Gasteiger partial charge in [-0.2, -0.15) is 0 Å². The molecule has 6 N–H and O–H groups in total. The van der Waals surface area contributed by atoms with E-state index in [1.54, 1.807) is 17.9 Å². The number of allylic oxidation sites excluding steroid dienone is 1. The second-order valence-electron chi connectivity index (χ2n) is 5.91. The fraction of sp³-hybridized carbons (Fsp3) is 0.353. The zero-order chi connectivity index (χ0) is 19.3. The number of carboxylic acids is 1. The lowest BCUT2D eigenvalue weighted by molar-refractivity contribution is -0.138. The molecule has 2 rings (SSSR count). The number of primary amides is 1. The molecular weight excluding hydrogens is 336 g/mol. The first-order chi connectivity index (χ1) is 12.3. The van der Waals surface area contributed by atoms with Crippen LogP contribution in [0.5, 0.6) is 0 Å². The number of nitrogens with zero attached hydrogens (tertiary/aromatic N) is 3. The van der Waals surface area contributed by atoms with Crippen molar-refractivity contribution in [2.75, 3.05) is 18.4 Å². The number of aliphatic imine (C=N–C) groups is 1. The average molecular weight is 360 g/mol. The highest BCUT2D eigenvalue weighted by Crippen LogP contribution is 2.26. The SMILES string of the molecule is CCN(CCC(=O)O)C1(N)N=CC=C(Nc2cccc(C)c2)N1C(N)=O. The fourth-order valence-corrected chi connectivity index (χ4v) is 2.79. The zero-order valence-electron chi connectivity index (χ0n) is 14.8. The molecule has 1 aliphatic rings. The van der Waals surface area contributed by atoms with E-state index in [0.717, 1.165) is 16.2 Å². The molecule has 1 aromatic carbocycles. The molecule has 0 spiro atoms. The van der Waals surface area contributed by atoms with Crippen molar-refractivity contribution in [1.29, 1.82) is 0 Å². The van der Waals surface area contributed by atoms with Gasteiger partial charge in [0.2, 0.25) is 0 Å². The van der Waals surface area contributed by atoms with Crippen molar-refractivity contribution in [2.24, 2.45) is 16.5 Å². The van der Waals surface area contributed by atoms with Crippen molar-refractivity contribution >= 4 is 23.9 Å². The lowest BCUT2D eigenvalue weighted by Gasteiger charge is -2.45. The smallest absolute Gasteiger partial charge is 0.324 e. The third kappa shape index (κ3) is 4.19. The molecule has 9 nitrogen and oxygen atoms in total. The third-order valence-electron chi connectivity index (χ3n) is 4.02. The summed E-state index contributed by atoms with van der Waals surface area (Å²) in [5, 5.41) is 12.1. The lowest BCUT2D eigenvalue weighted by atomic mass is 10.2. The Morgan fingerprint density at radius 3 is 2.73 bits per heavy atom. The van der Waals surface area contributed by atoms with Crippen molar-refractivity contribution in [3.63, 3.8) is 0 Å². The highest BCUT2D eigenvalue weighted by molar-refractivity contribution is 5.82. The van der Waals surface area contributed by atoms with E-state index < -0.39 is 17.9 Å². The maximum atomic E-state index is 12.2. The number of rotatable bonds is 7. The molecule has 0 radical (unpaired) electrons. The van der Waals surface area contributed by atoms with Gasteiger partial charge >= 0.3 is 12.0 Å². The van der Waals surface area contributed by atoms with Gasteiger partial charge in [0.15, 0.2) is 0 Å².